The van der Waals surface area contributed by atoms with Gasteiger partial charge >= 0.3 is 0 Å². The quantitative estimate of drug-likeness (QED) is 0.184. The predicted octanol–water partition coefficient (Wildman–Crippen LogP) is 7.82. The molecule has 0 radical (unpaired) electrons. The zero-order chi connectivity index (χ0) is 29.8. The molecule has 1 aliphatic heterocycles. The summed E-state index contributed by atoms with van der Waals surface area (Å²) in [5.74, 6) is -0.0825. The molecule has 1 heterocycles. The molecule has 0 aromatic heterocycles. The molecule has 4 nitrogen and oxygen atoms in total. The van der Waals surface area contributed by atoms with Crippen LogP contribution in [0.1, 0.15) is 38.2 Å². The highest BCUT2D eigenvalue weighted by Crippen LogP contribution is 2.39. The maximum Gasteiger partial charge on any atom is 0.243 e. The molecular weight excluding hydrogens is 550 g/mol. The third-order valence-corrected chi connectivity index (χ3v) is 9.52. The monoisotopic (exact) mass is 581 g/mol. The van der Waals surface area contributed by atoms with Crippen molar-refractivity contribution >= 4 is 27.5 Å². The normalized spacial score (nSPS) is 15.9. The van der Waals surface area contributed by atoms with Crippen LogP contribution in [0, 0.1) is 6.92 Å². The lowest BCUT2D eigenvalue weighted by molar-refractivity contribution is 0.103. The summed E-state index contributed by atoms with van der Waals surface area (Å²) in [5, 5.41) is 0. The first-order chi connectivity index (χ1) is 20.9. The van der Waals surface area contributed by atoms with Crippen molar-refractivity contribution in [1.82, 2.24) is 4.31 Å². The Morgan fingerprint density at radius 3 is 1.79 bits per heavy atom. The summed E-state index contributed by atoms with van der Waals surface area (Å²) in [6, 6.07) is 43.7. The van der Waals surface area contributed by atoms with Crippen LogP contribution in [0.5, 0.6) is 0 Å². The summed E-state index contributed by atoms with van der Waals surface area (Å²) in [7, 11) is -3.79. The number of carbonyl (C=O) groups is 1. The lowest BCUT2D eigenvalue weighted by atomic mass is 9.85. The summed E-state index contributed by atoms with van der Waals surface area (Å²) in [6.07, 6.45) is 2.06. The van der Waals surface area contributed by atoms with Crippen LogP contribution in [0.15, 0.2) is 156 Å². The van der Waals surface area contributed by atoms with Crippen LogP contribution in [0.25, 0.3) is 11.6 Å². The Balaban J connectivity index is 1.59. The van der Waals surface area contributed by atoms with Gasteiger partial charge in [0.2, 0.25) is 10.0 Å². The molecule has 5 aromatic carbocycles. The Morgan fingerprint density at radius 2 is 1.16 bits per heavy atom. The molecule has 5 heteroatoms. The minimum absolute atomic E-state index is 0.0825. The van der Waals surface area contributed by atoms with Crippen molar-refractivity contribution in [3.05, 3.63) is 184 Å². The van der Waals surface area contributed by atoms with E-state index in [0.29, 0.717) is 11.1 Å². The number of aryl methyl sites for hydroxylation is 1. The number of carbonyl (C=O) groups excluding carboxylic acids is 1. The van der Waals surface area contributed by atoms with E-state index < -0.39 is 10.0 Å². The van der Waals surface area contributed by atoms with Gasteiger partial charge in [-0.1, -0.05) is 139 Å². The van der Waals surface area contributed by atoms with Gasteiger partial charge in [-0.15, -0.1) is 0 Å². The molecule has 0 saturated carbocycles. The van der Waals surface area contributed by atoms with Gasteiger partial charge in [0.25, 0.3) is 0 Å². The van der Waals surface area contributed by atoms with Gasteiger partial charge in [-0.3, -0.25) is 4.79 Å². The van der Waals surface area contributed by atoms with Crippen LogP contribution in [0.2, 0.25) is 0 Å². The van der Waals surface area contributed by atoms with Crippen molar-refractivity contribution in [2.75, 3.05) is 13.1 Å². The second-order valence-corrected chi connectivity index (χ2v) is 12.6. The van der Waals surface area contributed by atoms with Gasteiger partial charge in [0, 0.05) is 24.2 Å². The van der Waals surface area contributed by atoms with E-state index >= 15 is 0 Å². The number of hydrogen-bond donors (Lipinski definition) is 0. The minimum atomic E-state index is -3.79. The molecule has 0 unspecified atom stereocenters. The third-order valence-electron chi connectivity index (χ3n) is 7.71. The lowest BCUT2D eigenvalue weighted by Gasteiger charge is -2.18. The summed E-state index contributed by atoms with van der Waals surface area (Å²) >= 11 is 0. The fourth-order valence-corrected chi connectivity index (χ4v) is 6.90. The average Bonchev–Trinajstić information content (AvgIpc) is 3.46. The van der Waals surface area contributed by atoms with Crippen molar-refractivity contribution in [3.63, 3.8) is 0 Å². The first-order valence-electron chi connectivity index (χ1n) is 14.2. The van der Waals surface area contributed by atoms with Crippen molar-refractivity contribution in [1.29, 1.82) is 0 Å². The zero-order valence-corrected chi connectivity index (χ0v) is 24.7. The highest BCUT2D eigenvalue weighted by molar-refractivity contribution is 7.89. The number of benzene rings is 5. The molecule has 1 fully saturated rings. The Morgan fingerprint density at radius 1 is 0.628 bits per heavy atom. The first kappa shape index (κ1) is 28.3. The van der Waals surface area contributed by atoms with Crippen LogP contribution in [-0.4, -0.2) is 31.6 Å². The molecule has 0 spiro atoms. The zero-order valence-electron chi connectivity index (χ0n) is 23.9. The van der Waals surface area contributed by atoms with Crippen LogP contribution >= 0.6 is 0 Å². The molecule has 0 bridgehead atoms. The standard InChI is InChI=1S/C38H31NO3S/c1-28-21-23-33(24-22-28)43(41,42)39-26-32(25-29-13-5-2-6-14-29)36(27-39)37(30-15-7-3-8-16-30)34-19-11-12-20-35(34)38(40)31-17-9-4-10-18-31/h2-25H,26-27H2,1H3/b32-25+,37-36+. The van der Waals surface area contributed by atoms with E-state index in [2.05, 4.69) is 6.08 Å². The number of rotatable bonds is 7. The van der Waals surface area contributed by atoms with Crippen LogP contribution in [0.3, 0.4) is 0 Å². The van der Waals surface area contributed by atoms with E-state index in [1.807, 2.05) is 134 Å². The summed E-state index contributed by atoms with van der Waals surface area (Å²) in [6.45, 7) is 2.33. The predicted molar refractivity (Wildman–Crippen MR) is 173 cm³/mol. The van der Waals surface area contributed by atoms with E-state index in [-0.39, 0.29) is 23.8 Å². The van der Waals surface area contributed by atoms with Crippen molar-refractivity contribution < 1.29 is 13.2 Å². The second kappa shape index (κ2) is 12.2. The van der Waals surface area contributed by atoms with E-state index in [0.717, 1.165) is 39.0 Å². The van der Waals surface area contributed by atoms with E-state index in [1.165, 1.54) is 4.31 Å². The molecule has 1 aliphatic rings. The van der Waals surface area contributed by atoms with Gasteiger partial charge in [0.1, 0.15) is 0 Å². The van der Waals surface area contributed by atoms with E-state index in [4.69, 9.17) is 0 Å². The number of hydrogen-bond acceptors (Lipinski definition) is 3. The molecule has 0 aliphatic carbocycles. The number of ketones is 1. The van der Waals surface area contributed by atoms with Crippen molar-refractivity contribution in [2.45, 2.75) is 11.8 Å². The van der Waals surface area contributed by atoms with Crippen LogP contribution in [-0.2, 0) is 10.0 Å². The molecule has 212 valence electrons. The molecule has 6 rings (SSSR count). The Hall–Kier alpha value is -4.84. The highest BCUT2D eigenvalue weighted by atomic mass is 32.2. The molecule has 0 amide bonds. The average molecular weight is 582 g/mol. The summed E-state index contributed by atoms with van der Waals surface area (Å²) in [4.78, 5) is 14.1. The molecule has 43 heavy (non-hydrogen) atoms. The summed E-state index contributed by atoms with van der Waals surface area (Å²) in [5.41, 5.74) is 7.44. The minimum Gasteiger partial charge on any atom is -0.289 e. The van der Waals surface area contributed by atoms with E-state index in [9.17, 15) is 13.2 Å². The van der Waals surface area contributed by atoms with Crippen LogP contribution < -0.4 is 0 Å². The number of sulfonamides is 1. The Bertz CT molecular complexity index is 1930. The largest absolute Gasteiger partial charge is 0.289 e. The second-order valence-electron chi connectivity index (χ2n) is 10.6. The fraction of sp³-hybridized carbons (Fsp3) is 0.0789. The van der Waals surface area contributed by atoms with Gasteiger partial charge < -0.3 is 0 Å². The van der Waals surface area contributed by atoms with E-state index in [1.54, 1.807) is 12.1 Å². The first-order valence-corrected chi connectivity index (χ1v) is 15.7. The summed E-state index contributed by atoms with van der Waals surface area (Å²) < 4.78 is 29.5. The molecule has 0 N–H and O–H groups in total. The fourth-order valence-electron chi connectivity index (χ4n) is 5.51. The molecule has 0 atom stereocenters. The maximum absolute atomic E-state index is 14.0. The molecule has 5 aromatic rings. The smallest absolute Gasteiger partial charge is 0.243 e. The topological polar surface area (TPSA) is 54.5 Å². The van der Waals surface area contributed by atoms with Gasteiger partial charge in [0.15, 0.2) is 5.78 Å². The third kappa shape index (κ3) is 5.91. The van der Waals surface area contributed by atoms with Gasteiger partial charge in [0.05, 0.1) is 4.90 Å². The van der Waals surface area contributed by atoms with Gasteiger partial charge in [-0.25, -0.2) is 8.42 Å². The Labute approximate surface area is 253 Å². The lowest BCUT2D eigenvalue weighted by Crippen LogP contribution is -2.28. The molecular formula is C38H31NO3S. The maximum atomic E-state index is 14.0. The van der Waals surface area contributed by atoms with Gasteiger partial charge in [-0.05, 0) is 52.5 Å². The highest BCUT2D eigenvalue weighted by Gasteiger charge is 2.35. The SMILES string of the molecule is Cc1ccc(S(=O)(=O)N2CC(=C\c3ccccc3)/C(=C(\c3ccccc3)c3ccccc3C(=O)c3ccccc3)C2)cc1. The Kier molecular flexibility index (Phi) is 8.01. The number of nitrogens with zero attached hydrogens (tertiary/aromatic N) is 1. The van der Waals surface area contributed by atoms with Gasteiger partial charge in [-0.2, -0.15) is 4.31 Å². The van der Waals surface area contributed by atoms with Crippen molar-refractivity contribution in [2.24, 2.45) is 0 Å². The van der Waals surface area contributed by atoms with Crippen LogP contribution in [0.4, 0.5) is 0 Å². The van der Waals surface area contributed by atoms with Crippen molar-refractivity contribution in [3.8, 4) is 0 Å². The molecule has 1 saturated heterocycles.